The standard InChI is InChI=1S/C30H35F3N2O/c1-29(2,3)28(36)35-18-17-34(21-25(35)19-22-9-5-4-6-10-22)20-23-13-15-24(16-14-23)26-11-7-8-12-27(26)30(31,32)33/h4-15,24-25H,16-21H2,1-3H3. The highest BCUT2D eigenvalue weighted by molar-refractivity contribution is 5.82. The van der Waals surface area contributed by atoms with Gasteiger partial charge in [0.05, 0.1) is 5.56 Å². The van der Waals surface area contributed by atoms with Crippen molar-refractivity contribution in [2.45, 2.75) is 51.7 Å². The molecule has 1 aliphatic heterocycles. The van der Waals surface area contributed by atoms with Crippen LogP contribution >= 0.6 is 0 Å². The Bertz CT molecular complexity index is 1120. The molecule has 0 saturated carbocycles. The maximum Gasteiger partial charge on any atom is 0.416 e. The molecule has 2 aliphatic rings. The number of benzene rings is 2. The van der Waals surface area contributed by atoms with E-state index in [2.05, 4.69) is 23.1 Å². The number of rotatable bonds is 5. The van der Waals surface area contributed by atoms with Gasteiger partial charge in [-0.1, -0.05) is 87.5 Å². The quantitative estimate of drug-likeness (QED) is 0.473. The molecule has 2 unspecified atom stereocenters. The van der Waals surface area contributed by atoms with Crippen molar-refractivity contribution in [1.82, 2.24) is 9.80 Å². The third-order valence-corrected chi connectivity index (χ3v) is 7.03. The largest absolute Gasteiger partial charge is 0.416 e. The van der Waals surface area contributed by atoms with E-state index in [1.807, 2.05) is 56.0 Å². The van der Waals surface area contributed by atoms with E-state index in [1.54, 1.807) is 12.1 Å². The number of allylic oxidation sites excluding steroid dienone is 2. The van der Waals surface area contributed by atoms with Gasteiger partial charge in [0.15, 0.2) is 0 Å². The van der Waals surface area contributed by atoms with Gasteiger partial charge in [-0.25, -0.2) is 0 Å². The van der Waals surface area contributed by atoms with Gasteiger partial charge < -0.3 is 4.90 Å². The first-order valence-electron chi connectivity index (χ1n) is 12.6. The van der Waals surface area contributed by atoms with E-state index in [9.17, 15) is 18.0 Å². The minimum absolute atomic E-state index is 0.0763. The van der Waals surface area contributed by atoms with Gasteiger partial charge in [0.2, 0.25) is 5.91 Å². The summed E-state index contributed by atoms with van der Waals surface area (Å²) >= 11 is 0. The molecule has 1 heterocycles. The number of carbonyl (C=O) groups is 1. The van der Waals surface area contributed by atoms with E-state index in [-0.39, 0.29) is 17.9 Å². The van der Waals surface area contributed by atoms with Gasteiger partial charge in [0.1, 0.15) is 0 Å². The molecule has 0 radical (unpaired) electrons. The Morgan fingerprint density at radius 1 is 0.972 bits per heavy atom. The first-order chi connectivity index (χ1) is 17.0. The van der Waals surface area contributed by atoms with Crippen LogP contribution in [-0.2, 0) is 17.4 Å². The van der Waals surface area contributed by atoms with Crippen molar-refractivity contribution in [1.29, 1.82) is 0 Å². The smallest absolute Gasteiger partial charge is 0.336 e. The summed E-state index contributed by atoms with van der Waals surface area (Å²) in [7, 11) is 0. The fourth-order valence-corrected chi connectivity index (χ4v) is 5.17. The van der Waals surface area contributed by atoms with Gasteiger partial charge in [-0.05, 0) is 35.6 Å². The Balaban J connectivity index is 1.44. The molecule has 2 aromatic carbocycles. The van der Waals surface area contributed by atoms with Crippen molar-refractivity contribution in [3.05, 3.63) is 95.1 Å². The van der Waals surface area contributed by atoms with Crippen LogP contribution in [-0.4, -0.2) is 47.9 Å². The number of hydrogen-bond acceptors (Lipinski definition) is 2. The minimum atomic E-state index is -4.35. The molecule has 192 valence electrons. The molecule has 1 fully saturated rings. The molecule has 1 amide bonds. The van der Waals surface area contributed by atoms with Crippen LogP contribution in [0.5, 0.6) is 0 Å². The van der Waals surface area contributed by atoms with E-state index in [4.69, 9.17) is 0 Å². The summed E-state index contributed by atoms with van der Waals surface area (Å²) in [6.07, 6.45) is 2.93. The number of halogens is 3. The Labute approximate surface area is 212 Å². The highest BCUT2D eigenvalue weighted by atomic mass is 19.4. The van der Waals surface area contributed by atoms with Gasteiger partial charge in [0.25, 0.3) is 0 Å². The third kappa shape index (κ3) is 6.28. The fraction of sp³-hybridized carbons (Fsp3) is 0.433. The summed E-state index contributed by atoms with van der Waals surface area (Å²) in [5, 5.41) is 0. The maximum atomic E-state index is 13.5. The number of hydrogen-bond donors (Lipinski definition) is 0. The molecule has 0 bridgehead atoms. The molecule has 1 saturated heterocycles. The molecule has 2 aromatic rings. The number of amides is 1. The fourth-order valence-electron chi connectivity index (χ4n) is 5.17. The van der Waals surface area contributed by atoms with Crippen LogP contribution in [0.3, 0.4) is 0 Å². The summed E-state index contributed by atoms with van der Waals surface area (Å²) in [4.78, 5) is 17.6. The van der Waals surface area contributed by atoms with Crippen LogP contribution in [0.1, 0.15) is 49.8 Å². The second kappa shape index (κ2) is 10.6. The maximum absolute atomic E-state index is 13.5. The van der Waals surface area contributed by atoms with Gasteiger partial charge in [-0.2, -0.15) is 13.2 Å². The molecular formula is C30H35F3N2O. The van der Waals surface area contributed by atoms with Crippen molar-refractivity contribution < 1.29 is 18.0 Å². The summed E-state index contributed by atoms with van der Waals surface area (Å²) < 4.78 is 40.4. The lowest BCUT2D eigenvalue weighted by molar-refractivity contribution is -0.144. The Morgan fingerprint density at radius 2 is 1.67 bits per heavy atom. The average Bonchev–Trinajstić information content (AvgIpc) is 2.84. The topological polar surface area (TPSA) is 23.6 Å². The number of nitrogens with zero attached hydrogens (tertiary/aromatic N) is 2. The van der Waals surface area contributed by atoms with E-state index >= 15 is 0 Å². The zero-order chi connectivity index (χ0) is 25.9. The lowest BCUT2D eigenvalue weighted by Crippen LogP contribution is -2.58. The van der Waals surface area contributed by atoms with E-state index in [0.717, 1.165) is 37.7 Å². The lowest BCUT2D eigenvalue weighted by Gasteiger charge is -2.44. The summed E-state index contributed by atoms with van der Waals surface area (Å²) in [6, 6.07) is 16.2. The molecule has 1 aliphatic carbocycles. The Kier molecular flexibility index (Phi) is 7.74. The van der Waals surface area contributed by atoms with E-state index in [0.29, 0.717) is 18.5 Å². The average molecular weight is 497 g/mol. The monoisotopic (exact) mass is 496 g/mol. The molecule has 3 nitrogen and oxygen atoms in total. The molecule has 4 rings (SSSR count). The molecule has 6 heteroatoms. The first kappa shape index (κ1) is 26.2. The van der Waals surface area contributed by atoms with Crippen molar-refractivity contribution in [2.75, 3.05) is 26.2 Å². The highest BCUT2D eigenvalue weighted by Gasteiger charge is 2.36. The predicted octanol–water partition coefficient (Wildman–Crippen LogP) is 6.48. The van der Waals surface area contributed by atoms with Gasteiger partial charge in [0, 0.05) is 43.6 Å². The van der Waals surface area contributed by atoms with Crippen LogP contribution in [0.4, 0.5) is 13.2 Å². The van der Waals surface area contributed by atoms with Gasteiger partial charge in [-0.15, -0.1) is 0 Å². The summed E-state index contributed by atoms with van der Waals surface area (Å²) in [5.41, 5.74) is 1.66. The van der Waals surface area contributed by atoms with Crippen LogP contribution in [0, 0.1) is 5.41 Å². The normalized spacial score (nSPS) is 21.4. The second-order valence-corrected chi connectivity index (χ2v) is 10.9. The van der Waals surface area contributed by atoms with Crippen LogP contribution in [0.2, 0.25) is 0 Å². The van der Waals surface area contributed by atoms with Crippen LogP contribution in [0.15, 0.2) is 78.4 Å². The number of carbonyl (C=O) groups excluding carboxylic acids is 1. The summed E-state index contributed by atoms with van der Waals surface area (Å²) in [6.45, 7) is 8.84. The van der Waals surface area contributed by atoms with Crippen molar-refractivity contribution in [3.8, 4) is 0 Å². The van der Waals surface area contributed by atoms with Crippen LogP contribution in [0.25, 0.3) is 0 Å². The molecule has 36 heavy (non-hydrogen) atoms. The van der Waals surface area contributed by atoms with Gasteiger partial charge in [-0.3, -0.25) is 9.69 Å². The molecular weight excluding hydrogens is 461 g/mol. The van der Waals surface area contributed by atoms with E-state index < -0.39 is 17.2 Å². The minimum Gasteiger partial charge on any atom is -0.336 e. The molecule has 0 N–H and O–H groups in total. The zero-order valence-electron chi connectivity index (χ0n) is 21.3. The second-order valence-electron chi connectivity index (χ2n) is 10.9. The van der Waals surface area contributed by atoms with Crippen molar-refractivity contribution >= 4 is 5.91 Å². The summed E-state index contributed by atoms with van der Waals surface area (Å²) in [5.74, 6) is -0.107. The molecule has 0 aromatic heterocycles. The van der Waals surface area contributed by atoms with Crippen molar-refractivity contribution in [3.63, 3.8) is 0 Å². The zero-order valence-corrected chi connectivity index (χ0v) is 21.3. The molecule has 0 spiro atoms. The first-order valence-corrected chi connectivity index (χ1v) is 12.6. The highest BCUT2D eigenvalue weighted by Crippen LogP contribution is 2.38. The lowest BCUT2D eigenvalue weighted by atomic mass is 9.87. The third-order valence-electron chi connectivity index (χ3n) is 7.03. The predicted molar refractivity (Wildman–Crippen MR) is 138 cm³/mol. The van der Waals surface area contributed by atoms with E-state index in [1.165, 1.54) is 11.6 Å². The number of alkyl halides is 3. The molecule has 2 atom stereocenters. The Hall–Kier alpha value is -2.86. The van der Waals surface area contributed by atoms with Crippen molar-refractivity contribution in [2.24, 2.45) is 5.41 Å². The van der Waals surface area contributed by atoms with Gasteiger partial charge >= 0.3 is 6.18 Å². The SMILES string of the molecule is CC(C)(C)C(=O)N1CCN(CC2=CCC(c3ccccc3C(F)(F)F)C=C2)CC1Cc1ccccc1. The number of piperazine rings is 1. The van der Waals surface area contributed by atoms with Crippen LogP contribution < -0.4 is 0 Å². The Morgan fingerprint density at radius 3 is 2.31 bits per heavy atom.